The zero-order valence-corrected chi connectivity index (χ0v) is 12.7. The van der Waals surface area contributed by atoms with Crippen molar-refractivity contribution in [2.24, 2.45) is 0 Å². The van der Waals surface area contributed by atoms with Gasteiger partial charge in [-0.05, 0) is 50.9 Å². The van der Waals surface area contributed by atoms with Gasteiger partial charge in [0.25, 0.3) is 0 Å². The molecule has 2 N–H and O–H groups in total. The molecule has 0 bridgehead atoms. The van der Waals surface area contributed by atoms with Crippen molar-refractivity contribution in [3.05, 3.63) is 29.8 Å². The van der Waals surface area contributed by atoms with Crippen LogP contribution in [0.2, 0.25) is 0 Å². The lowest BCUT2D eigenvalue weighted by Crippen LogP contribution is -2.43. The average Bonchev–Trinajstić information content (AvgIpc) is 2.47. The first-order valence-corrected chi connectivity index (χ1v) is 7.14. The molecule has 0 aliphatic heterocycles. The van der Waals surface area contributed by atoms with Gasteiger partial charge in [-0.25, -0.2) is 0 Å². The first-order chi connectivity index (χ1) is 9.04. The fourth-order valence-electron chi connectivity index (χ4n) is 2.10. The molecule has 0 aliphatic rings. The van der Waals surface area contributed by atoms with Crippen LogP contribution < -0.4 is 10.2 Å². The molecule has 0 aromatic heterocycles. The Balaban J connectivity index is 2.44. The zero-order chi connectivity index (χ0) is 14.3. The highest BCUT2D eigenvalue weighted by atomic mass is 16.3. The van der Waals surface area contributed by atoms with E-state index < -0.39 is 0 Å². The number of rotatable bonds is 8. The molecule has 0 saturated heterocycles. The number of hydrogen-bond donors (Lipinski definition) is 2. The van der Waals surface area contributed by atoms with Crippen molar-refractivity contribution in [3.63, 3.8) is 0 Å². The van der Waals surface area contributed by atoms with Gasteiger partial charge in [0.05, 0.1) is 6.61 Å². The predicted octanol–water partition coefficient (Wildman–Crippen LogP) is 2.44. The fraction of sp³-hybridized carbons (Fsp3) is 0.625. The Kier molecular flexibility index (Phi) is 6.32. The van der Waals surface area contributed by atoms with Gasteiger partial charge in [-0.2, -0.15) is 0 Å². The molecule has 1 atom stereocenters. The lowest BCUT2D eigenvalue weighted by Gasteiger charge is -2.28. The number of likely N-dealkylation sites (N-methyl/N-ethyl adjacent to an activating group) is 1. The summed E-state index contributed by atoms with van der Waals surface area (Å²) in [4.78, 5) is 2.27. The van der Waals surface area contributed by atoms with Crippen LogP contribution in [0.3, 0.4) is 0 Å². The third kappa shape index (κ3) is 4.84. The maximum absolute atomic E-state index is 9.35. The van der Waals surface area contributed by atoms with Gasteiger partial charge < -0.3 is 15.3 Å². The summed E-state index contributed by atoms with van der Waals surface area (Å²) < 4.78 is 0. The van der Waals surface area contributed by atoms with Gasteiger partial charge in [0, 0.05) is 24.8 Å². The Morgan fingerprint density at radius 1 is 1.26 bits per heavy atom. The van der Waals surface area contributed by atoms with Crippen molar-refractivity contribution in [1.29, 1.82) is 0 Å². The van der Waals surface area contributed by atoms with E-state index in [9.17, 15) is 5.11 Å². The number of aliphatic hydroxyl groups excluding tert-OH is 1. The van der Waals surface area contributed by atoms with Crippen molar-refractivity contribution in [2.75, 3.05) is 32.1 Å². The van der Waals surface area contributed by atoms with Crippen LogP contribution in [0.1, 0.15) is 32.3 Å². The summed E-state index contributed by atoms with van der Waals surface area (Å²) in [6.07, 6.45) is 3.11. The van der Waals surface area contributed by atoms with E-state index >= 15 is 0 Å². The van der Waals surface area contributed by atoms with Crippen LogP contribution >= 0.6 is 0 Å². The van der Waals surface area contributed by atoms with Gasteiger partial charge >= 0.3 is 0 Å². The molecule has 1 unspecified atom stereocenters. The molecule has 0 radical (unpaired) electrons. The largest absolute Gasteiger partial charge is 0.394 e. The number of aliphatic hydroxyl groups is 1. The molecular weight excluding hydrogens is 236 g/mol. The standard InChI is InChI=1S/C16H28N2O/c1-5-14-7-9-15(10-8-14)18(4)12-6-11-16(2,13-19)17-3/h7-10,17,19H,5-6,11-13H2,1-4H3. The second-order valence-electron chi connectivity index (χ2n) is 5.51. The van der Waals surface area contributed by atoms with E-state index in [1.165, 1.54) is 11.3 Å². The van der Waals surface area contributed by atoms with Crippen LogP contribution in [0.5, 0.6) is 0 Å². The molecule has 0 fully saturated rings. The number of aryl methyl sites for hydroxylation is 1. The SMILES string of the molecule is CCc1ccc(N(C)CCCC(C)(CO)NC)cc1. The molecule has 3 heteroatoms. The molecule has 0 amide bonds. The monoisotopic (exact) mass is 264 g/mol. The predicted molar refractivity (Wildman–Crippen MR) is 82.9 cm³/mol. The number of benzene rings is 1. The minimum Gasteiger partial charge on any atom is -0.394 e. The Morgan fingerprint density at radius 2 is 1.89 bits per heavy atom. The first-order valence-electron chi connectivity index (χ1n) is 7.14. The Bertz CT molecular complexity index is 358. The molecule has 0 heterocycles. The highest BCUT2D eigenvalue weighted by Gasteiger charge is 2.19. The quantitative estimate of drug-likeness (QED) is 0.757. The molecule has 19 heavy (non-hydrogen) atoms. The molecule has 108 valence electrons. The number of nitrogens with one attached hydrogen (secondary N) is 1. The topological polar surface area (TPSA) is 35.5 Å². The van der Waals surface area contributed by atoms with E-state index in [-0.39, 0.29) is 12.1 Å². The lowest BCUT2D eigenvalue weighted by atomic mass is 9.97. The van der Waals surface area contributed by atoms with Crippen molar-refractivity contribution in [2.45, 2.75) is 38.6 Å². The van der Waals surface area contributed by atoms with Crippen molar-refractivity contribution >= 4 is 5.69 Å². The minimum absolute atomic E-state index is 0.160. The van der Waals surface area contributed by atoms with Crippen LogP contribution in [0.25, 0.3) is 0 Å². The van der Waals surface area contributed by atoms with Gasteiger partial charge in [-0.1, -0.05) is 19.1 Å². The molecule has 1 rings (SSSR count). The van der Waals surface area contributed by atoms with Crippen LogP contribution in [0.15, 0.2) is 24.3 Å². The van der Waals surface area contributed by atoms with Crippen LogP contribution in [0, 0.1) is 0 Å². The lowest BCUT2D eigenvalue weighted by molar-refractivity contribution is 0.172. The Morgan fingerprint density at radius 3 is 2.37 bits per heavy atom. The van der Waals surface area contributed by atoms with Crippen LogP contribution in [-0.4, -0.2) is 37.9 Å². The van der Waals surface area contributed by atoms with Crippen LogP contribution in [-0.2, 0) is 6.42 Å². The van der Waals surface area contributed by atoms with E-state index in [4.69, 9.17) is 0 Å². The summed E-state index contributed by atoms with van der Waals surface area (Å²) in [5.41, 5.74) is 2.47. The second kappa shape index (κ2) is 7.51. The highest BCUT2D eigenvalue weighted by Crippen LogP contribution is 2.16. The normalized spacial score (nSPS) is 14.2. The molecule has 1 aromatic rings. The second-order valence-corrected chi connectivity index (χ2v) is 5.51. The van der Waals surface area contributed by atoms with E-state index in [0.29, 0.717) is 0 Å². The molecule has 0 spiro atoms. The van der Waals surface area contributed by atoms with Gasteiger partial charge in [0.15, 0.2) is 0 Å². The molecule has 0 saturated carbocycles. The summed E-state index contributed by atoms with van der Waals surface area (Å²) in [6, 6.07) is 8.75. The van der Waals surface area contributed by atoms with E-state index in [1.54, 1.807) is 0 Å². The van der Waals surface area contributed by atoms with E-state index in [1.807, 2.05) is 7.05 Å². The minimum atomic E-state index is -0.160. The third-order valence-corrected chi connectivity index (χ3v) is 3.96. The maximum atomic E-state index is 9.35. The Labute approximate surface area is 117 Å². The summed E-state index contributed by atoms with van der Waals surface area (Å²) in [7, 11) is 4.03. The van der Waals surface area contributed by atoms with Gasteiger partial charge in [0.1, 0.15) is 0 Å². The fourth-order valence-corrected chi connectivity index (χ4v) is 2.10. The number of anilines is 1. The third-order valence-electron chi connectivity index (χ3n) is 3.96. The van der Waals surface area contributed by atoms with Crippen molar-refractivity contribution in [3.8, 4) is 0 Å². The molecule has 0 aliphatic carbocycles. The summed E-state index contributed by atoms with van der Waals surface area (Å²) >= 11 is 0. The number of hydrogen-bond acceptors (Lipinski definition) is 3. The molecular formula is C16H28N2O. The van der Waals surface area contributed by atoms with Gasteiger partial charge in [-0.3, -0.25) is 0 Å². The van der Waals surface area contributed by atoms with Gasteiger partial charge in [0.2, 0.25) is 0 Å². The summed E-state index contributed by atoms with van der Waals surface area (Å²) in [5, 5.41) is 12.5. The highest BCUT2D eigenvalue weighted by molar-refractivity contribution is 5.46. The van der Waals surface area contributed by atoms with Crippen molar-refractivity contribution in [1.82, 2.24) is 5.32 Å². The molecule has 1 aromatic carbocycles. The number of nitrogens with zero attached hydrogens (tertiary/aromatic N) is 1. The van der Waals surface area contributed by atoms with E-state index in [0.717, 1.165) is 25.8 Å². The Hall–Kier alpha value is -1.06. The molecule has 3 nitrogen and oxygen atoms in total. The summed E-state index contributed by atoms with van der Waals surface area (Å²) in [5.74, 6) is 0. The van der Waals surface area contributed by atoms with Crippen molar-refractivity contribution < 1.29 is 5.11 Å². The smallest absolute Gasteiger partial charge is 0.0610 e. The van der Waals surface area contributed by atoms with E-state index in [2.05, 4.69) is 55.4 Å². The zero-order valence-electron chi connectivity index (χ0n) is 12.7. The van der Waals surface area contributed by atoms with Crippen LogP contribution in [0.4, 0.5) is 5.69 Å². The average molecular weight is 264 g/mol. The summed E-state index contributed by atoms with van der Waals surface area (Å²) in [6.45, 7) is 5.41. The van der Waals surface area contributed by atoms with Gasteiger partial charge in [-0.15, -0.1) is 0 Å². The maximum Gasteiger partial charge on any atom is 0.0610 e. The first kappa shape index (κ1) is 16.0.